The van der Waals surface area contributed by atoms with Gasteiger partial charge in [-0.1, -0.05) is 12.1 Å². The van der Waals surface area contributed by atoms with E-state index < -0.39 is 11.7 Å². The number of piperidine rings is 1. The number of hydrogen-bond acceptors (Lipinski definition) is 4. The van der Waals surface area contributed by atoms with Crippen LogP contribution in [0.15, 0.2) is 48.5 Å². The first-order chi connectivity index (χ1) is 16.6. The molecule has 1 saturated heterocycles. The first-order valence-corrected chi connectivity index (χ1v) is 11.5. The molecule has 1 fully saturated rings. The van der Waals surface area contributed by atoms with Gasteiger partial charge in [-0.25, -0.2) is 0 Å². The van der Waals surface area contributed by atoms with Crippen molar-refractivity contribution in [3.8, 4) is 6.07 Å². The summed E-state index contributed by atoms with van der Waals surface area (Å²) in [5.74, 6) is -0.531. The third-order valence-corrected chi connectivity index (χ3v) is 6.18. The first-order valence-electron chi connectivity index (χ1n) is 11.5. The fraction of sp³-hybridized carbons (Fsp3) is 0.423. The lowest BCUT2D eigenvalue weighted by Gasteiger charge is -2.35. The van der Waals surface area contributed by atoms with Crippen molar-refractivity contribution in [1.29, 1.82) is 5.26 Å². The summed E-state index contributed by atoms with van der Waals surface area (Å²) in [6.07, 6.45) is -3.45. The molecule has 0 N–H and O–H groups in total. The smallest absolute Gasteiger partial charge is 0.339 e. The van der Waals surface area contributed by atoms with Gasteiger partial charge in [-0.2, -0.15) is 18.4 Å². The van der Waals surface area contributed by atoms with Crippen molar-refractivity contribution in [2.24, 2.45) is 5.92 Å². The van der Waals surface area contributed by atoms with E-state index in [0.717, 1.165) is 17.7 Å². The van der Waals surface area contributed by atoms with E-state index in [1.807, 2.05) is 36.0 Å². The molecule has 9 heteroatoms. The van der Waals surface area contributed by atoms with Crippen molar-refractivity contribution in [3.05, 3.63) is 70.8 Å². The number of alkyl halides is 3. The van der Waals surface area contributed by atoms with Gasteiger partial charge in [-0.3, -0.25) is 9.59 Å². The van der Waals surface area contributed by atoms with Gasteiger partial charge in [0, 0.05) is 44.2 Å². The SMILES string of the molecule is CN(C)CCN(Cc1ccc(C#N)cc1)C(=O)C1CCN(C(=O)c2ccc(C(F)(F)F)cc2)CC1. The zero-order valence-corrected chi connectivity index (χ0v) is 19.9. The molecule has 0 bridgehead atoms. The van der Waals surface area contributed by atoms with Crippen molar-refractivity contribution < 1.29 is 22.8 Å². The molecule has 0 unspecified atom stereocenters. The number of carbonyl (C=O) groups excluding carboxylic acids is 2. The molecule has 35 heavy (non-hydrogen) atoms. The number of likely N-dealkylation sites (tertiary alicyclic amines) is 1. The molecule has 0 aliphatic carbocycles. The van der Waals surface area contributed by atoms with Gasteiger partial charge in [0.25, 0.3) is 5.91 Å². The number of carbonyl (C=O) groups is 2. The van der Waals surface area contributed by atoms with Crippen molar-refractivity contribution in [1.82, 2.24) is 14.7 Å². The average molecular weight is 487 g/mol. The quantitative estimate of drug-likeness (QED) is 0.593. The second kappa shape index (κ2) is 11.4. The lowest BCUT2D eigenvalue weighted by Crippen LogP contribution is -2.45. The molecule has 1 aliphatic rings. The highest BCUT2D eigenvalue weighted by Crippen LogP contribution is 2.29. The Bertz CT molecular complexity index is 1050. The number of benzene rings is 2. The average Bonchev–Trinajstić information content (AvgIpc) is 2.85. The molecule has 6 nitrogen and oxygen atoms in total. The molecule has 2 aromatic carbocycles. The summed E-state index contributed by atoms with van der Waals surface area (Å²) in [4.78, 5) is 31.5. The van der Waals surface area contributed by atoms with Crippen LogP contribution in [0.3, 0.4) is 0 Å². The number of likely N-dealkylation sites (N-methyl/N-ethyl adjacent to an activating group) is 1. The third kappa shape index (κ3) is 7.06. The van der Waals surface area contributed by atoms with Crippen molar-refractivity contribution in [2.75, 3.05) is 40.3 Å². The normalized spacial score (nSPS) is 14.6. The Labute approximate surface area is 203 Å². The van der Waals surface area contributed by atoms with Crippen LogP contribution in [0.4, 0.5) is 13.2 Å². The van der Waals surface area contributed by atoms with E-state index >= 15 is 0 Å². The Hall–Kier alpha value is -3.38. The van der Waals surface area contributed by atoms with E-state index in [1.165, 1.54) is 12.1 Å². The van der Waals surface area contributed by atoms with E-state index in [0.29, 0.717) is 51.1 Å². The summed E-state index contributed by atoms with van der Waals surface area (Å²) >= 11 is 0. The second-order valence-corrected chi connectivity index (χ2v) is 9.01. The Kier molecular flexibility index (Phi) is 8.52. The van der Waals surface area contributed by atoms with Gasteiger partial charge < -0.3 is 14.7 Å². The van der Waals surface area contributed by atoms with Crippen LogP contribution < -0.4 is 0 Å². The van der Waals surface area contributed by atoms with E-state index in [9.17, 15) is 22.8 Å². The fourth-order valence-corrected chi connectivity index (χ4v) is 4.07. The summed E-state index contributed by atoms with van der Waals surface area (Å²) in [7, 11) is 3.88. The molecular weight excluding hydrogens is 457 g/mol. The van der Waals surface area contributed by atoms with Crippen LogP contribution in [-0.4, -0.2) is 66.8 Å². The molecule has 0 saturated carbocycles. The minimum Gasteiger partial charge on any atom is -0.339 e. The summed E-state index contributed by atoms with van der Waals surface area (Å²) in [6, 6.07) is 13.5. The minimum absolute atomic E-state index is 0.0258. The molecule has 0 spiro atoms. The second-order valence-electron chi connectivity index (χ2n) is 9.01. The number of nitriles is 1. The number of rotatable bonds is 7. The molecule has 1 heterocycles. The summed E-state index contributed by atoms with van der Waals surface area (Å²) in [5.41, 5.74) is 0.908. The molecule has 0 aromatic heterocycles. The van der Waals surface area contributed by atoms with Gasteiger partial charge in [0.15, 0.2) is 0 Å². The highest BCUT2D eigenvalue weighted by atomic mass is 19.4. The standard InChI is InChI=1S/C26H29F3N4O2/c1-31(2)15-16-33(18-20-5-3-19(17-30)4-6-20)25(35)22-11-13-32(14-12-22)24(34)21-7-9-23(10-8-21)26(27,28)29/h3-10,22H,11-16,18H2,1-2H3. The Morgan fingerprint density at radius 3 is 2.11 bits per heavy atom. The fourth-order valence-electron chi connectivity index (χ4n) is 4.07. The van der Waals surface area contributed by atoms with E-state index in [4.69, 9.17) is 5.26 Å². The number of halogens is 3. The first kappa shape index (κ1) is 26.2. The molecule has 2 aromatic rings. The van der Waals surface area contributed by atoms with Crippen LogP contribution in [0.2, 0.25) is 0 Å². The molecule has 0 radical (unpaired) electrons. The predicted octanol–water partition coefficient (Wildman–Crippen LogP) is 4.02. The Morgan fingerprint density at radius 1 is 1.00 bits per heavy atom. The van der Waals surface area contributed by atoms with Crippen molar-refractivity contribution in [2.45, 2.75) is 25.6 Å². The largest absolute Gasteiger partial charge is 0.416 e. The lowest BCUT2D eigenvalue weighted by molar-refractivity contribution is -0.138. The van der Waals surface area contributed by atoms with Gasteiger partial charge in [0.1, 0.15) is 0 Å². The third-order valence-electron chi connectivity index (χ3n) is 6.18. The summed E-state index contributed by atoms with van der Waals surface area (Å²) in [6.45, 7) is 2.43. The van der Waals surface area contributed by atoms with Gasteiger partial charge in [0.05, 0.1) is 17.2 Å². The van der Waals surface area contributed by atoms with Crippen LogP contribution in [-0.2, 0) is 17.5 Å². The van der Waals surface area contributed by atoms with Crippen LogP contribution in [0, 0.1) is 17.2 Å². The van der Waals surface area contributed by atoms with Gasteiger partial charge in [-0.15, -0.1) is 0 Å². The molecule has 0 atom stereocenters. The van der Waals surface area contributed by atoms with Gasteiger partial charge in [-0.05, 0) is 68.9 Å². The summed E-state index contributed by atoms with van der Waals surface area (Å²) < 4.78 is 38.3. The maximum absolute atomic E-state index is 13.4. The van der Waals surface area contributed by atoms with Crippen LogP contribution in [0.5, 0.6) is 0 Å². The van der Waals surface area contributed by atoms with Gasteiger partial charge in [0.2, 0.25) is 5.91 Å². The van der Waals surface area contributed by atoms with E-state index in [1.54, 1.807) is 17.0 Å². The zero-order chi connectivity index (χ0) is 25.6. The van der Waals surface area contributed by atoms with Crippen molar-refractivity contribution >= 4 is 11.8 Å². The Balaban J connectivity index is 1.62. The number of amides is 2. The topological polar surface area (TPSA) is 67.7 Å². The predicted molar refractivity (Wildman–Crippen MR) is 125 cm³/mol. The molecular formula is C26H29F3N4O2. The molecule has 1 aliphatic heterocycles. The maximum atomic E-state index is 13.4. The van der Waals surface area contributed by atoms with E-state index in [-0.39, 0.29) is 23.3 Å². The Morgan fingerprint density at radius 2 is 1.60 bits per heavy atom. The molecule has 3 rings (SSSR count). The van der Waals surface area contributed by atoms with Crippen LogP contribution in [0.25, 0.3) is 0 Å². The zero-order valence-electron chi connectivity index (χ0n) is 19.9. The van der Waals surface area contributed by atoms with Gasteiger partial charge >= 0.3 is 6.18 Å². The highest BCUT2D eigenvalue weighted by Gasteiger charge is 2.32. The number of nitrogens with zero attached hydrogens (tertiary/aromatic N) is 4. The highest BCUT2D eigenvalue weighted by molar-refractivity contribution is 5.94. The van der Waals surface area contributed by atoms with Crippen LogP contribution >= 0.6 is 0 Å². The maximum Gasteiger partial charge on any atom is 0.416 e. The lowest BCUT2D eigenvalue weighted by atomic mass is 9.94. The van der Waals surface area contributed by atoms with Crippen LogP contribution in [0.1, 0.15) is 39.9 Å². The number of hydrogen-bond donors (Lipinski definition) is 0. The molecule has 186 valence electrons. The van der Waals surface area contributed by atoms with E-state index in [2.05, 4.69) is 6.07 Å². The molecule has 2 amide bonds. The van der Waals surface area contributed by atoms with Crippen molar-refractivity contribution in [3.63, 3.8) is 0 Å². The minimum atomic E-state index is -4.45. The summed E-state index contributed by atoms with van der Waals surface area (Å²) in [5, 5.41) is 9.00. The monoisotopic (exact) mass is 486 g/mol.